The molecule has 0 aromatic heterocycles. The van der Waals surface area contributed by atoms with Gasteiger partial charge in [-0.1, -0.05) is 24.3 Å². The highest BCUT2D eigenvalue weighted by molar-refractivity contribution is 5.85. The summed E-state index contributed by atoms with van der Waals surface area (Å²) in [5.74, 6) is 0.0527. The molecule has 1 aromatic rings. The van der Waals surface area contributed by atoms with Gasteiger partial charge in [-0.05, 0) is 24.0 Å². The predicted octanol–water partition coefficient (Wildman–Crippen LogP) is 1.73. The standard InChI is InChI=1S/C19H29N3O3.2ClH/c20-15-19(4-8-24-9-5-19)18(23)21-13-16-2-1-3-17(12-16)14-22-6-10-25-11-7-22;;/h1-3,12H,4-11,13-15,20H2,(H,21,23);2*1H. The molecule has 3 N–H and O–H groups in total. The van der Waals surface area contributed by atoms with Gasteiger partial charge in [-0.2, -0.15) is 0 Å². The van der Waals surface area contributed by atoms with Crippen molar-refractivity contribution < 1.29 is 14.3 Å². The smallest absolute Gasteiger partial charge is 0.227 e. The lowest BCUT2D eigenvalue weighted by Gasteiger charge is -2.34. The highest BCUT2D eigenvalue weighted by Gasteiger charge is 2.38. The van der Waals surface area contributed by atoms with Crippen molar-refractivity contribution in [2.45, 2.75) is 25.9 Å². The van der Waals surface area contributed by atoms with Crippen LogP contribution in [0.4, 0.5) is 0 Å². The number of halogens is 2. The van der Waals surface area contributed by atoms with Crippen LogP contribution < -0.4 is 11.1 Å². The predicted molar refractivity (Wildman–Crippen MR) is 110 cm³/mol. The summed E-state index contributed by atoms with van der Waals surface area (Å²) in [6.45, 7) is 6.62. The summed E-state index contributed by atoms with van der Waals surface area (Å²) in [5.41, 5.74) is 7.83. The van der Waals surface area contributed by atoms with Gasteiger partial charge in [-0.15, -0.1) is 24.8 Å². The maximum atomic E-state index is 12.7. The molecule has 0 radical (unpaired) electrons. The first-order valence-electron chi connectivity index (χ1n) is 9.16. The largest absolute Gasteiger partial charge is 0.381 e. The lowest BCUT2D eigenvalue weighted by Crippen LogP contribution is -2.48. The van der Waals surface area contributed by atoms with E-state index in [-0.39, 0.29) is 30.7 Å². The molecule has 1 amide bonds. The zero-order valence-electron chi connectivity index (χ0n) is 15.7. The molecule has 8 heteroatoms. The van der Waals surface area contributed by atoms with Crippen molar-refractivity contribution >= 4 is 30.7 Å². The van der Waals surface area contributed by atoms with Gasteiger partial charge in [0, 0.05) is 45.9 Å². The van der Waals surface area contributed by atoms with Crippen molar-refractivity contribution in [1.29, 1.82) is 0 Å². The summed E-state index contributed by atoms with van der Waals surface area (Å²) >= 11 is 0. The highest BCUT2D eigenvalue weighted by Crippen LogP contribution is 2.29. The fourth-order valence-electron chi connectivity index (χ4n) is 3.51. The lowest BCUT2D eigenvalue weighted by atomic mass is 9.79. The van der Waals surface area contributed by atoms with Gasteiger partial charge in [-0.25, -0.2) is 0 Å². The summed E-state index contributed by atoms with van der Waals surface area (Å²) in [4.78, 5) is 15.1. The number of ether oxygens (including phenoxy) is 2. The van der Waals surface area contributed by atoms with Crippen LogP contribution in [0.1, 0.15) is 24.0 Å². The van der Waals surface area contributed by atoms with Gasteiger partial charge in [0.1, 0.15) is 0 Å². The second-order valence-electron chi connectivity index (χ2n) is 6.99. The Morgan fingerprint density at radius 3 is 2.37 bits per heavy atom. The summed E-state index contributed by atoms with van der Waals surface area (Å²) in [6, 6.07) is 8.43. The zero-order valence-corrected chi connectivity index (χ0v) is 17.3. The molecule has 3 rings (SSSR count). The van der Waals surface area contributed by atoms with Crippen LogP contribution in [0.25, 0.3) is 0 Å². The Bertz CT molecular complexity index is 577. The van der Waals surface area contributed by atoms with E-state index in [9.17, 15) is 4.79 Å². The quantitative estimate of drug-likeness (QED) is 0.733. The minimum absolute atomic E-state index is 0. The Morgan fingerprint density at radius 1 is 1.07 bits per heavy atom. The number of nitrogens with zero attached hydrogens (tertiary/aromatic N) is 1. The van der Waals surface area contributed by atoms with Crippen LogP contribution in [0, 0.1) is 5.41 Å². The first kappa shape index (κ1) is 24.1. The van der Waals surface area contributed by atoms with Gasteiger partial charge in [0.25, 0.3) is 0 Å². The van der Waals surface area contributed by atoms with Crippen LogP contribution in [0.3, 0.4) is 0 Å². The van der Waals surface area contributed by atoms with Gasteiger partial charge < -0.3 is 20.5 Å². The average molecular weight is 420 g/mol. The number of nitrogens with one attached hydrogen (secondary N) is 1. The number of nitrogens with two attached hydrogens (primary N) is 1. The number of carbonyl (C=O) groups excluding carboxylic acids is 1. The van der Waals surface area contributed by atoms with E-state index in [0.717, 1.165) is 38.4 Å². The number of benzene rings is 1. The van der Waals surface area contributed by atoms with E-state index in [1.54, 1.807) is 0 Å². The van der Waals surface area contributed by atoms with Crippen LogP contribution in [-0.2, 0) is 27.4 Å². The molecule has 2 heterocycles. The Morgan fingerprint density at radius 2 is 1.70 bits per heavy atom. The summed E-state index contributed by atoms with van der Waals surface area (Å²) in [7, 11) is 0. The molecule has 0 unspecified atom stereocenters. The topological polar surface area (TPSA) is 76.8 Å². The molecule has 6 nitrogen and oxygen atoms in total. The number of morpholine rings is 1. The van der Waals surface area contributed by atoms with Gasteiger partial charge in [0.15, 0.2) is 0 Å². The van der Waals surface area contributed by atoms with Crippen LogP contribution >= 0.6 is 24.8 Å². The van der Waals surface area contributed by atoms with E-state index in [1.165, 1.54) is 5.56 Å². The monoisotopic (exact) mass is 419 g/mol. The minimum Gasteiger partial charge on any atom is -0.381 e. The SMILES string of the molecule is Cl.Cl.NCC1(C(=O)NCc2cccc(CN3CCOCC3)c2)CCOCC1. The first-order valence-corrected chi connectivity index (χ1v) is 9.16. The average Bonchev–Trinajstić information content (AvgIpc) is 2.68. The molecule has 2 aliphatic heterocycles. The fraction of sp³-hybridized carbons (Fsp3) is 0.632. The maximum absolute atomic E-state index is 12.7. The molecule has 27 heavy (non-hydrogen) atoms. The van der Waals surface area contributed by atoms with Crippen LogP contribution in [0.2, 0.25) is 0 Å². The molecule has 0 aliphatic carbocycles. The number of carbonyl (C=O) groups is 1. The number of hydrogen-bond acceptors (Lipinski definition) is 5. The van der Waals surface area contributed by atoms with E-state index in [0.29, 0.717) is 39.1 Å². The highest BCUT2D eigenvalue weighted by atomic mass is 35.5. The first-order chi connectivity index (χ1) is 12.2. The Hall–Kier alpha value is -0.890. The van der Waals surface area contributed by atoms with E-state index in [2.05, 4.69) is 34.5 Å². The summed E-state index contributed by atoms with van der Waals surface area (Å²) < 4.78 is 10.8. The Kier molecular flexibility index (Phi) is 10.6. The van der Waals surface area contributed by atoms with Crippen molar-refractivity contribution in [3.8, 4) is 0 Å². The fourth-order valence-corrected chi connectivity index (χ4v) is 3.51. The van der Waals surface area contributed by atoms with Crippen LogP contribution in [-0.4, -0.2) is 56.9 Å². The number of hydrogen-bond donors (Lipinski definition) is 2. The van der Waals surface area contributed by atoms with E-state index >= 15 is 0 Å². The van der Waals surface area contributed by atoms with Gasteiger partial charge in [-0.3, -0.25) is 9.69 Å². The van der Waals surface area contributed by atoms with Crippen molar-refractivity contribution in [3.05, 3.63) is 35.4 Å². The van der Waals surface area contributed by atoms with Crippen LogP contribution in [0.15, 0.2) is 24.3 Å². The normalized spacial score (nSPS) is 19.4. The molecule has 0 bridgehead atoms. The molecule has 0 atom stereocenters. The number of amides is 1. The van der Waals surface area contributed by atoms with E-state index in [4.69, 9.17) is 15.2 Å². The second kappa shape index (κ2) is 11.8. The third-order valence-electron chi connectivity index (χ3n) is 5.28. The lowest BCUT2D eigenvalue weighted by molar-refractivity contribution is -0.136. The van der Waals surface area contributed by atoms with Gasteiger partial charge >= 0.3 is 0 Å². The van der Waals surface area contributed by atoms with Crippen molar-refractivity contribution in [2.75, 3.05) is 46.1 Å². The van der Waals surface area contributed by atoms with Crippen molar-refractivity contribution in [2.24, 2.45) is 11.1 Å². The summed E-state index contributed by atoms with van der Waals surface area (Å²) in [6.07, 6.45) is 1.40. The molecule has 2 aliphatic rings. The molecule has 0 saturated carbocycles. The molecule has 2 saturated heterocycles. The molecular weight excluding hydrogens is 389 g/mol. The molecule has 2 fully saturated rings. The van der Waals surface area contributed by atoms with Gasteiger partial charge in [0.2, 0.25) is 5.91 Å². The third-order valence-corrected chi connectivity index (χ3v) is 5.28. The summed E-state index contributed by atoms with van der Waals surface area (Å²) in [5, 5.41) is 3.08. The Balaban J connectivity index is 0.00000182. The number of rotatable bonds is 6. The minimum atomic E-state index is -0.469. The van der Waals surface area contributed by atoms with Gasteiger partial charge in [0.05, 0.1) is 18.6 Å². The second-order valence-corrected chi connectivity index (χ2v) is 6.99. The molecule has 154 valence electrons. The molecule has 1 aromatic carbocycles. The third kappa shape index (κ3) is 6.59. The van der Waals surface area contributed by atoms with Crippen molar-refractivity contribution in [3.63, 3.8) is 0 Å². The van der Waals surface area contributed by atoms with E-state index < -0.39 is 5.41 Å². The zero-order chi connectivity index (χ0) is 17.5. The van der Waals surface area contributed by atoms with Crippen molar-refractivity contribution in [1.82, 2.24) is 10.2 Å². The Labute approximate surface area is 174 Å². The maximum Gasteiger partial charge on any atom is 0.227 e. The van der Waals surface area contributed by atoms with Crippen LogP contribution in [0.5, 0.6) is 0 Å². The molecule has 0 spiro atoms. The molecular formula is C19H31Cl2N3O3. The van der Waals surface area contributed by atoms with E-state index in [1.807, 2.05) is 0 Å².